The molecule has 1 aromatic rings. The Morgan fingerprint density at radius 2 is 2.05 bits per heavy atom. The molecule has 0 bridgehead atoms. The first kappa shape index (κ1) is 13.1. The van der Waals surface area contributed by atoms with Gasteiger partial charge in [-0.25, -0.2) is 12.7 Å². The molecule has 1 amide bonds. The van der Waals surface area contributed by atoms with Gasteiger partial charge in [0.25, 0.3) is 21.6 Å². The van der Waals surface area contributed by atoms with Crippen molar-refractivity contribution in [1.29, 1.82) is 0 Å². The molecule has 0 saturated carbocycles. The number of amides is 1. The Kier molecular flexibility index (Phi) is 3.06. The monoisotopic (exact) mass is 284 g/mol. The zero-order chi connectivity index (χ0) is 14.2. The SMILES string of the molecule is O=CCCN1C(=O)c2ccc([N+](=O)[O-])cc2S1(=O)=O. The van der Waals surface area contributed by atoms with Crippen molar-refractivity contribution < 1.29 is 22.9 Å². The van der Waals surface area contributed by atoms with E-state index in [1.54, 1.807) is 0 Å². The summed E-state index contributed by atoms with van der Waals surface area (Å²) in [5, 5.41) is 10.6. The second-order valence-electron chi connectivity index (χ2n) is 3.78. The Morgan fingerprint density at radius 3 is 2.63 bits per heavy atom. The minimum atomic E-state index is -4.10. The number of rotatable bonds is 4. The molecule has 0 atom stereocenters. The summed E-state index contributed by atoms with van der Waals surface area (Å²) >= 11 is 0. The zero-order valence-electron chi connectivity index (χ0n) is 9.48. The summed E-state index contributed by atoms with van der Waals surface area (Å²) in [4.78, 5) is 31.6. The summed E-state index contributed by atoms with van der Waals surface area (Å²) in [6.45, 7) is -0.271. The predicted molar refractivity (Wildman–Crippen MR) is 62.0 cm³/mol. The van der Waals surface area contributed by atoms with Gasteiger partial charge in [0.05, 0.1) is 10.5 Å². The first-order valence-electron chi connectivity index (χ1n) is 5.18. The lowest BCUT2D eigenvalue weighted by Gasteiger charge is -2.12. The molecule has 0 unspecified atom stereocenters. The number of benzene rings is 1. The van der Waals surface area contributed by atoms with Crippen LogP contribution in [0.1, 0.15) is 16.8 Å². The summed E-state index contributed by atoms with van der Waals surface area (Å²) in [7, 11) is -4.10. The van der Waals surface area contributed by atoms with Crippen LogP contribution in [0.5, 0.6) is 0 Å². The van der Waals surface area contributed by atoms with Gasteiger partial charge >= 0.3 is 0 Å². The van der Waals surface area contributed by atoms with Crippen LogP contribution in [0, 0.1) is 10.1 Å². The maximum atomic E-state index is 12.0. The topological polar surface area (TPSA) is 115 Å². The van der Waals surface area contributed by atoms with E-state index in [1.807, 2.05) is 0 Å². The number of fused-ring (bicyclic) bond motifs is 1. The minimum absolute atomic E-state index is 0.114. The van der Waals surface area contributed by atoms with Crippen molar-refractivity contribution in [3.8, 4) is 0 Å². The van der Waals surface area contributed by atoms with Crippen molar-refractivity contribution >= 4 is 27.9 Å². The van der Waals surface area contributed by atoms with Crippen LogP contribution in [-0.2, 0) is 14.8 Å². The van der Waals surface area contributed by atoms with Crippen molar-refractivity contribution in [1.82, 2.24) is 4.31 Å². The van der Waals surface area contributed by atoms with Crippen molar-refractivity contribution in [2.75, 3.05) is 6.54 Å². The van der Waals surface area contributed by atoms with Crippen molar-refractivity contribution in [2.24, 2.45) is 0 Å². The highest BCUT2D eigenvalue weighted by molar-refractivity contribution is 7.90. The van der Waals surface area contributed by atoms with Crippen LogP contribution in [0.15, 0.2) is 23.1 Å². The van der Waals surface area contributed by atoms with E-state index in [2.05, 4.69) is 0 Å². The van der Waals surface area contributed by atoms with Gasteiger partial charge in [-0.1, -0.05) is 0 Å². The highest BCUT2D eigenvalue weighted by atomic mass is 32.2. The average Bonchev–Trinajstić information content (AvgIpc) is 2.55. The van der Waals surface area contributed by atoms with Crippen LogP contribution >= 0.6 is 0 Å². The molecular weight excluding hydrogens is 276 g/mol. The number of non-ortho nitro benzene ring substituents is 1. The van der Waals surface area contributed by atoms with Gasteiger partial charge in [0.2, 0.25) is 0 Å². The summed E-state index contributed by atoms with van der Waals surface area (Å²) in [5.74, 6) is -0.772. The molecule has 1 aliphatic rings. The molecule has 9 heteroatoms. The third-order valence-electron chi connectivity index (χ3n) is 2.65. The van der Waals surface area contributed by atoms with Gasteiger partial charge in [0, 0.05) is 25.1 Å². The van der Waals surface area contributed by atoms with E-state index in [9.17, 15) is 28.1 Å². The quantitative estimate of drug-likeness (QED) is 0.447. The summed E-state index contributed by atoms with van der Waals surface area (Å²) in [6, 6.07) is 3.02. The van der Waals surface area contributed by atoms with Crippen LogP contribution in [0.3, 0.4) is 0 Å². The average molecular weight is 284 g/mol. The normalized spacial score (nSPS) is 16.2. The second-order valence-corrected chi connectivity index (χ2v) is 5.61. The first-order chi connectivity index (χ1) is 8.89. The summed E-state index contributed by atoms with van der Waals surface area (Å²) < 4.78 is 24.6. The van der Waals surface area contributed by atoms with Crippen molar-refractivity contribution in [2.45, 2.75) is 11.3 Å². The number of aldehydes is 1. The van der Waals surface area contributed by atoms with Crippen molar-refractivity contribution in [3.63, 3.8) is 0 Å². The van der Waals surface area contributed by atoms with Gasteiger partial charge in [-0.15, -0.1) is 0 Å². The molecule has 0 fully saturated rings. The molecule has 1 aromatic carbocycles. The Morgan fingerprint density at radius 1 is 1.37 bits per heavy atom. The molecule has 2 rings (SSSR count). The summed E-state index contributed by atoms with van der Waals surface area (Å²) in [5.41, 5.74) is -0.524. The third-order valence-corrected chi connectivity index (χ3v) is 4.47. The lowest BCUT2D eigenvalue weighted by molar-refractivity contribution is -0.385. The molecule has 1 heterocycles. The Hall–Kier alpha value is -2.29. The van der Waals surface area contributed by atoms with Gasteiger partial charge in [-0.2, -0.15) is 0 Å². The van der Waals surface area contributed by atoms with Gasteiger partial charge in [0.15, 0.2) is 0 Å². The molecule has 0 N–H and O–H groups in total. The van der Waals surface area contributed by atoms with E-state index < -0.39 is 31.4 Å². The van der Waals surface area contributed by atoms with Crippen molar-refractivity contribution in [3.05, 3.63) is 33.9 Å². The molecule has 0 spiro atoms. The number of nitro groups is 1. The molecule has 0 saturated heterocycles. The van der Waals surface area contributed by atoms with Gasteiger partial charge < -0.3 is 4.79 Å². The van der Waals surface area contributed by atoms with Gasteiger partial charge in [-0.05, 0) is 6.07 Å². The third kappa shape index (κ3) is 1.97. The van der Waals surface area contributed by atoms with E-state index in [1.165, 1.54) is 0 Å². The van der Waals surface area contributed by atoms with Gasteiger partial charge in [-0.3, -0.25) is 14.9 Å². The number of hydrogen-bond acceptors (Lipinski definition) is 6. The highest BCUT2D eigenvalue weighted by Crippen LogP contribution is 2.32. The van der Waals surface area contributed by atoms with E-state index >= 15 is 0 Å². The molecular formula is C10H8N2O6S. The maximum Gasteiger partial charge on any atom is 0.270 e. The summed E-state index contributed by atoms with van der Waals surface area (Å²) in [6.07, 6.45) is 0.370. The van der Waals surface area contributed by atoms with Crippen LogP contribution in [0.2, 0.25) is 0 Å². The predicted octanol–water partition coefficient (Wildman–Crippen LogP) is 0.328. The number of carbonyl (C=O) groups excluding carboxylic acids is 2. The highest BCUT2D eigenvalue weighted by Gasteiger charge is 2.41. The number of nitro benzene ring substituents is 1. The lowest BCUT2D eigenvalue weighted by atomic mass is 10.2. The van der Waals surface area contributed by atoms with Crippen LogP contribution in [0.25, 0.3) is 0 Å². The molecule has 0 radical (unpaired) electrons. The Labute approximate surface area is 107 Å². The number of nitrogens with zero attached hydrogens (tertiary/aromatic N) is 2. The fraction of sp³-hybridized carbons (Fsp3) is 0.200. The lowest BCUT2D eigenvalue weighted by Crippen LogP contribution is -2.31. The Bertz CT molecular complexity index is 681. The molecule has 0 aromatic heterocycles. The molecule has 19 heavy (non-hydrogen) atoms. The molecule has 0 aliphatic carbocycles. The fourth-order valence-electron chi connectivity index (χ4n) is 1.77. The van der Waals surface area contributed by atoms with Gasteiger partial charge in [0.1, 0.15) is 11.2 Å². The second kappa shape index (κ2) is 4.43. The first-order valence-corrected chi connectivity index (χ1v) is 6.62. The zero-order valence-corrected chi connectivity index (χ0v) is 10.3. The number of hydrogen-bond donors (Lipinski definition) is 0. The Balaban J connectivity index is 2.54. The maximum absolute atomic E-state index is 12.0. The minimum Gasteiger partial charge on any atom is -0.303 e. The van der Waals surface area contributed by atoms with Crippen LogP contribution < -0.4 is 0 Å². The van der Waals surface area contributed by atoms with E-state index in [4.69, 9.17) is 0 Å². The fourth-order valence-corrected chi connectivity index (χ4v) is 3.37. The molecule has 1 aliphatic heterocycles. The number of sulfonamides is 1. The standard InChI is InChI=1S/C10H8N2O6S/c13-5-1-4-11-10(14)8-3-2-7(12(15)16)6-9(8)19(11,17)18/h2-3,5-6H,1,4H2. The van der Waals surface area contributed by atoms with E-state index in [-0.39, 0.29) is 18.5 Å². The molecule has 8 nitrogen and oxygen atoms in total. The van der Waals surface area contributed by atoms with Crippen LogP contribution in [0.4, 0.5) is 5.69 Å². The smallest absolute Gasteiger partial charge is 0.270 e. The largest absolute Gasteiger partial charge is 0.303 e. The number of carbonyl (C=O) groups is 2. The molecule has 100 valence electrons. The van der Waals surface area contributed by atoms with E-state index in [0.717, 1.165) is 18.2 Å². The van der Waals surface area contributed by atoms with Crippen LogP contribution in [-0.4, -0.2) is 36.4 Å². The van der Waals surface area contributed by atoms with E-state index in [0.29, 0.717) is 10.6 Å².